The van der Waals surface area contributed by atoms with Crippen molar-refractivity contribution >= 4 is 11.5 Å². The van der Waals surface area contributed by atoms with Gasteiger partial charge in [-0.3, -0.25) is 15.5 Å². The summed E-state index contributed by atoms with van der Waals surface area (Å²) in [5.41, 5.74) is 5.85. The molecule has 0 saturated heterocycles. The first-order valence-corrected chi connectivity index (χ1v) is 6.47. The third kappa shape index (κ3) is 3.94. The van der Waals surface area contributed by atoms with Crippen LogP contribution in [0.15, 0.2) is 18.2 Å². The SMILES string of the molecule is Cc1cccc([N+](=O)[O-])c1OCCCC(C)(C)C(=N)N. The molecule has 0 bridgehead atoms. The average Bonchev–Trinajstić information content (AvgIpc) is 2.35. The van der Waals surface area contributed by atoms with Gasteiger partial charge in [0.15, 0.2) is 5.75 Å². The molecule has 0 aliphatic heterocycles. The van der Waals surface area contributed by atoms with E-state index in [1.165, 1.54) is 6.07 Å². The highest BCUT2D eigenvalue weighted by atomic mass is 16.6. The van der Waals surface area contributed by atoms with Crippen molar-refractivity contribution in [2.45, 2.75) is 33.6 Å². The second-order valence-corrected chi connectivity index (χ2v) is 5.43. The normalized spacial score (nSPS) is 11.2. The predicted molar refractivity (Wildman–Crippen MR) is 78.3 cm³/mol. The van der Waals surface area contributed by atoms with E-state index < -0.39 is 4.92 Å². The Morgan fingerprint density at radius 3 is 2.70 bits per heavy atom. The molecule has 6 heteroatoms. The number of benzene rings is 1. The zero-order valence-corrected chi connectivity index (χ0v) is 12.1. The van der Waals surface area contributed by atoms with E-state index >= 15 is 0 Å². The number of para-hydroxylation sites is 1. The molecule has 1 rings (SSSR count). The van der Waals surface area contributed by atoms with Gasteiger partial charge in [0.1, 0.15) is 0 Å². The Bertz CT molecular complexity index is 512. The smallest absolute Gasteiger partial charge is 0.311 e. The van der Waals surface area contributed by atoms with Gasteiger partial charge in [0.2, 0.25) is 0 Å². The van der Waals surface area contributed by atoms with Crippen LogP contribution in [0, 0.1) is 27.9 Å². The van der Waals surface area contributed by atoms with Crippen LogP contribution in [-0.4, -0.2) is 17.4 Å². The van der Waals surface area contributed by atoms with E-state index in [0.717, 1.165) is 5.56 Å². The Morgan fingerprint density at radius 1 is 1.50 bits per heavy atom. The molecule has 0 radical (unpaired) electrons. The fraction of sp³-hybridized carbons (Fsp3) is 0.500. The lowest BCUT2D eigenvalue weighted by Crippen LogP contribution is -2.31. The van der Waals surface area contributed by atoms with Gasteiger partial charge in [-0.1, -0.05) is 26.0 Å². The van der Waals surface area contributed by atoms with E-state index in [4.69, 9.17) is 15.9 Å². The summed E-state index contributed by atoms with van der Waals surface area (Å²) >= 11 is 0. The molecule has 20 heavy (non-hydrogen) atoms. The van der Waals surface area contributed by atoms with Crippen molar-refractivity contribution in [1.29, 1.82) is 5.41 Å². The van der Waals surface area contributed by atoms with Crippen LogP contribution in [0.2, 0.25) is 0 Å². The van der Waals surface area contributed by atoms with Gasteiger partial charge in [-0.05, 0) is 25.3 Å². The van der Waals surface area contributed by atoms with Crippen LogP contribution in [0.5, 0.6) is 5.75 Å². The molecule has 110 valence electrons. The van der Waals surface area contributed by atoms with Gasteiger partial charge in [0.25, 0.3) is 0 Å². The first kappa shape index (κ1) is 15.9. The highest BCUT2D eigenvalue weighted by molar-refractivity contribution is 5.82. The standard InChI is InChI=1S/C14H21N3O3/c1-10-6-4-7-11(17(18)19)12(10)20-9-5-8-14(2,3)13(15)16/h4,6-7H,5,8-9H2,1-3H3,(H3,15,16). The maximum atomic E-state index is 10.9. The minimum atomic E-state index is -0.443. The van der Waals surface area contributed by atoms with Crippen molar-refractivity contribution in [3.05, 3.63) is 33.9 Å². The zero-order chi connectivity index (χ0) is 15.3. The third-order valence-corrected chi connectivity index (χ3v) is 3.31. The topological polar surface area (TPSA) is 102 Å². The summed E-state index contributed by atoms with van der Waals surface area (Å²) in [6.45, 7) is 5.93. The second-order valence-electron chi connectivity index (χ2n) is 5.43. The molecular weight excluding hydrogens is 258 g/mol. The van der Waals surface area contributed by atoms with Gasteiger partial charge in [-0.25, -0.2) is 0 Å². The van der Waals surface area contributed by atoms with E-state index in [2.05, 4.69) is 0 Å². The van der Waals surface area contributed by atoms with Crippen molar-refractivity contribution in [3.63, 3.8) is 0 Å². The van der Waals surface area contributed by atoms with E-state index in [1.54, 1.807) is 19.1 Å². The largest absolute Gasteiger partial charge is 0.487 e. The van der Waals surface area contributed by atoms with Gasteiger partial charge in [-0.15, -0.1) is 0 Å². The molecule has 0 saturated carbocycles. The fourth-order valence-electron chi connectivity index (χ4n) is 1.79. The van der Waals surface area contributed by atoms with Crippen LogP contribution in [-0.2, 0) is 0 Å². The molecule has 1 aromatic carbocycles. The molecule has 6 nitrogen and oxygen atoms in total. The number of hydrogen-bond acceptors (Lipinski definition) is 4. The molecule has 0 aliphatic carbocycles. The van der Waals surface area contributed by atoms with Gasteiger partial charge in [0, 0.05) is 11.5 Å². The molecule has 0 spiro atoms. The Labute approximate surface area is 118 Å². The number of nitrogens with one attached hydrogen (secondary N) is 1. The summed E-state index contributed by atoms with van der Waals surface area (Å²) < 4.78 is 5.55. The lowest BCUT2D eigenvalue weighted by atomic mass is 9.87. The fourth-order valence-corrected chi connectivity index (χ4v) is 1.79. The number of rotatable bonds is 7. The number of ether oxygens (including phenoxy) is 1. The Hall–Kier alpha value is -2.11. The van der Waals surface area contributed by atoms with Crippen molar-refractivity contribution in [3.8, 4) is 5.75 Å². The number of nitro benzene ring substituents is 1. The van der Waals surface area contributed by atoms with E-state index in [1.807, 2.05) is 13.8 Å². The van der Waals surface area contributed by atoms with E-state index in [-0.39, 0.29) is 16.9 Å². The summed E-state index contributed by atoms with van der Waals surface area (Å²) in [6.07, 6.45) is 1.38. The monoisotopic (exact) mass is 279 g/mol. The second kappa shape index (κ2) is 6.36. The quantitative estimate of drug-likeness (QED) is 0.263. The number of nitro groups is 1. The third-order valence-electron chi connectivity index (χ3n) is 3.31. The first-order valence-electron chi connectivity index (χ1n) is 6.47. The van der Waals surface area contributed by atoms with Crippen LogP contribution in [0.4, 0.5) is 5.69 Å². The summed E-state index contributed by atoms with van der Waals surface area (Å²) in [6, 6.07) is 4.85. The average molecular weight is 279 g/mol. The van der Waals surface area contributed by atoms with Gasteiger partial charge < -0.3 is 10.5 Å². The Balaban J connectivity index is 2.63. The summed E-state index contributed by atoms with van der Waals surface area (Å²) in [4.78, 5) is 10.5. The molecule has 3 N–H and O–H groups in total. The molecule has 0 fully saturated rings. The highest BCUT2D eigenvalue weighted by Gasteiger charge is 2.21. The van der Waals surface area contributed by atoms with Crippen LogP contribution >= 0.6 is 0 Å². The lowest BCUT2D eigenvalue weighted by molar-refractivity contribution is -0.385. The summed E-state index contributed by atoms with van der Waals surface area (Å²) in [7, 11) is 0. The lowest BCUT2D eigenvalue weighted by Gasteiger charge is -2.22. The number of hydrogen-bond donors (Lipinski definition) is 2. The van der Waals surface area contributed by atoms with E-state index in [9.17, 15) is 10.1 Å². The molecule has 0 unspecified atom stereocenters. The highest BCUT2D eigenvalue weighted by Crippen LogP contribution is 2.30. The maximum absolute atomic E-state index is 10.9. The maximum Gasteiger partial charge on any atom is 0.311 e. The van der Waals surface area contributed by atoms with Gasteiger partial charge in [0.05, 0.1) is 17.4 Å². The number of amidine groups is 1. The van der Waals surface area contributed by atoms with E-state index in [0.29, 0.717) is 25.2 Å². The van der Waals surface area contributed by atoms with Crippen molar-refractivity contribution in [1.82, 2.24) is 0 Å². The molecule has 1 aromatic rings. The predicted octanol–water partition coefficient (Wildman–Crippen LogP) is 3.02. The molecule has 0 aliphatic rings. The molecular formula is C14H21N3O3. The number of aryl methyl sites for hydroxylation is 1. The van der Waals surface area contributed by atoms with Crippen LogP contribution in [0.3, 0.4) is 0 Å². The summed E-state index contributed by atoms with van der Waals surface area (Å²) in [5.74, 6) is 0.456. The van der Waals surface area contributed by atoms with Gasteiger partial charge >= 0.3 is 5.69 Å². The molecule has 0 heterocycles. The van der Waals surface area contributed by atoms with Gasteiger partial charge in [-0.2, -0.15) is 0 Å². The number of nitrogens with two attached hydrogens (primary N) is 1. The van der Waals surface area contributed by atoms with Crippen LogP contribution in [0.1, 0.15) is 32.3 Å². The minimum absolute atomic E-state index is 0.0178. The molecule has 0 amide bonds. The summed E-state index contributed by atoms with van der Waals surface area (Å²) in [5, 5.41) is 18.4. The van der Waals surface area contributed by atoms with Crippen LogP contribution < -0.4 is 10.5 Å². The van der Waals surface area contributed by atoms with Crippen LogP contribution in [0.25, 0.3) is 0 Å². The molecule has 0 atom stereocenters. The Morgan fingerprint density at radius 2 is 2.15 bits per heavy atom. The van der Waals surface area contributed by atoms with Crippen molar-refractivity contribution in [2.75, 3.05) is 6.61 Å². The zero-order valence-electron chi connectivity index (χ0n) is 12.1. The van der Waals surface area contributed by atoms with Crippen molar-refractivity contribution in [2.24, 2.45) is 11.1 Å². The Kier molecular flexibility index (Phi) is 5.07. The number of nitrogens with zero attached hydrogens (tertiary/aromatic N) is 1. The molecule has 0 aromatic heterocycles. The van der Waals surface area contributed by atoms with Crippen molar-refractivity contribution < 1.29 is 9.66 Å². The first-order chi connectivity index (χ1) is 9.25. The minimum Gasteiger partial charge on any atom is -0.487 e.